The average molecular weight is 527 g/mol. The van der Waals surface area contributed by atoms with Gasteiger partial charge in [-0.3, -0.25) is 9.69 Å². The lowest BCUT2D eigenvalue weighted by Gasteiger charge is -2.40. The molecule has 0 unspecified atom stereocenters. The number of aromatic nitrogens is 3. The van der Waals surface area contributed by atoms with Crippen molar-refractivity contribution >= 4 is 51.2 Å². The van der Waals surface area contributed by atoms with Crippen molar-refractivity contribution in [3.8, 4) is 0 Å². The maximum absolute atomic E-state index is 11.6. The van der Waals surface area contributed by atoms with Crippen LogP contribution in [0.2, 0.25) is 0 Å². The number of hydrogen-bond donors (Lipinski definition) is 3. The fraction of sp³-hybridized carbons (Fsp3) is 0.607. The largest absolute Gasteiger partial charge is 0.382 e. The van der Waals surface area contributed by atoms with E-state index >= 15 is 0 Å². The molecule has 0 saturated carbocycles. The minimum Gasteiger partial charge on any atom is -0.382 e. The number of nitrogens with two attached hydrogens (primary N) is 1. The lowest BCUT2D eigenvalue weighted by Crippen LogP contribution is -2.49. The highest BCUT2D eigenvalue weighted by Gasteiger charge is 2.29. The molecule has 1 aliphatic heterocycles. The van der Waals surface area contributed by atoms with Crippen LogP contribution in [-0.2, 0) is 16.0 Å². The maximum Gasteiger partial charge on any atom is 0.193 e. The molecular weight excluding hydrogens is 484 g/mol. The number of benzene rings is 1. The molecule has 3 N–H and O–H groups in total. The van der Waals surface area contributed by atoms with Crippen LogP contribution >= 0.6 is 12.6 Å². The summed E-state index contributed by atoms with van der Waals surface area (Å²) in [4.78, 5) is 29.5. The SMILES string of the molecule is CCCCc1nc2c([nH]1)c(N)nc1ccc(N3CCN(CC(C)(C)COCC(C)(C)C(=O)S)CC3)cc12. The molecule has 0 radical (unpaired) electrons. The Balaban J connectivity index is 1.39. The number of imidazole rings is 1. The molecule has 0 amide bonds. The Morgan fingerprint density at radius 2 is 1.86 bits per heavy atom. The van der Waals surface area contributed by atoms with Crippen molar-refractivity contribution in [2.45, 2.75) is 53.9 Å². The number of aromatic amines is 1. The molecule has 0 atom stereocenters. The number of nitrogens with zero attached hydrogens (tertiary/aromatic N) is 4. The zero-order valence-corrected chi connectivity index (χ0v) is 23.8. The molecule has 0 aliphatic carbocycles. The van der Waals surface area contributed by atoms with Gasteiger partial charge in [0.2, 0.25) is 0 Å². The molecule has 2 aromatic heterocycles. The number of anilines is 2. The van der Waals surface area contributed by atoms with Crippen molar-refractivity contribution in [2.24, 2.45) is 10.8 Å². The Hall–Kier alpha value is -2.36. The zero-order chi connectivity index (χ0) is 26.8. The molecule has 1 aromatic carbocycles. The summed E-state index contributed by atoms with van der Waals surface area (Å²) in [6.07, 6.45) is 3.14. The van der Waals surface area contributed by atoms with E-state index in [-0.39, 0.29) is 10.5 Å². The third-order valence-electron chi connectivity index (χ3n) is 7.18. The average Bonchev–Trinajstić information content (AvgIpc) is 3.28. The maximum atomic E-state index is 11.6. The van der Waals surface area contributed by atoms with Gasteiger partial charge in [0, 0.05) is 55.6 Å². The van der Waals surface area contributed by atoms with Gasteiger partial charge < -0.3 is 20.4 Å². The quantitative estimate of drug-likeness (QED) is 0.312. The van der Waals surface area contributed by atoms with Gasteiger partial charge in [-0.05, 0) is 38.5 Å². The van der Waals surface area contributed by atoms with Crippen LogP contribution < -0.4 is 10.6 Å². The smallest absolute Gasteiger partial charge is 0.193 e. The van der Waals surface area contributed by atoms with E-state index in [4.69, 9.17) is 15.5 Å². The predicted octanol–water partition coefficient (Wildman–Crippen LogP) is 4.68. The minimum absolute atomic E-state index is 0.00646. The second kappa shape index (κ2) is 11.2. The summed E-state index contributed by atoms with van der Waals surface area (Å²) in [7, 11) is 0. The fourth-order valence-corrected chi connectivity index (χ4v) is 4.98. The Morgan fingerprint density at radius 1 is 1.14 bits per heavy atom. The highest BCUT2D eigenvalue weighted by Crippen LogP contribution is 2.31. The normalized spacial score (nSPS) is 15.7. The number of aryl methyl sites for hydroxylation is 1. The summed E-state index contributed by atoms with van der Waals surface area (Å²) in [5.74, 6) is 1.48. The number of ether oxygens (including phenoxy) is 1. The van der Waals surface area contributed by atoms with Gasteiger partial charge in [0.15, 0.2) is 5.12 Å². The van der Waals surface area contributed by atoms with Gasteiger partial charge in [-0.1, -0.05) is 27.2 Å². The molecule has 1 saturated heterocycles. The third kappa shape index (κ3) is 6.56. The second-order valence-electron chi connectivity index (χ2n) is 11.8. The summed E-state index contributed by atoms with van der Waals surface area (Å²) in [6.45, 7) is 16.2. The van der Waals surface area contributed by atoms with Gasteiger partial charge in [-0.2, -0.15) is 0 Å². The monoisotopic (exact) mass is 526 g/mol. The number of nitrogen functional groups attached to an aromatic ring is 1. The van der Waals surface area contributed by atoms with E-state index in [0.29, 0.717) is 19.0 Å². The molecule has 37 heavy (non-hydrogen) atoms. The van der Waals surface area contributed by atoms with Gasteiger partial charge in [0.05, 0.1) is 24.1 Å². The molecule has 0 bridgehead atoms. The second-order valence-corrected chi connectivity index (χ2v) is 12.2. The van der Waals surface area contributed by atoms with Crippen LogP contribution in [0.4, 0.5) is 11.5 Å². The van der Waals surface area contributed by atoms with Crippen LogP contribution in [-0.4, -0.2) is 70.9 Å². The van der Waals surface area contributed by atoms with E-state index in [1.165, 1.54) is 5.69 Å². The summed E-state index contributed by atoms with van der Waals surface area (Å²) < 4.78 is 5.93. The molecule has 3 heterocycles. The van der Waals surface area contributed by atoms with E-state index in [9.17, 15) is 4.79 Å². The van der Waals surface area contributed by atoms with E-state index in [1.807, 2.05) is 13.8 Å². The minimum atomic E-state index is -0.565. The number of H-pyrrole nitrogens is 1. The highest BCUT2D eigenvalue weighted by atomic mass is 32.1. The third-order valence-corrected chi connectivity index (χ3v) is 7.78. The molecule has 3 aromatic rings. The van der Waals surface area contributed by atoms with E-state index in [0.717, 1.165) is 79.7 Å². The van der Waals surface area contributed by atoms with Crippen LogP contribution in [0, 0.1) is 10.8 Å². The molecule has 1 fully saturated rings. The molecule has 4 rings (SSSR count). The first-order valence-corrected chi connectivity index (χ1v) is 13.8. The highest BCUT2D eigenvalue weighted by molar-refractivity contribution is 7.96. The number of pyridine rings is 1. The zero-order valence-electron chi connectivity index (χ0n) is 22.9. The van der Waals surface area contributed by atoms with Crippen LogP contribution in [0.3, 0.4) is 0 Å². The molecular formula is C28H42N6O2S. The van der Waals surface area contributed by atoms with Crippen molar-refractivity contribution in [2.75, 3.05) is 56.6 Å². The van der Waals surface area contributed by atoms with Crippen LogP contribution in [0.5, 0.6) is 0 Å². The first-order valence-electron chi connectivity index (χ1n) is 13.4. The number of thiol groups is 1. The van der Waals surface area contributed by atoms with Crippen LogP contribution in [0.25, 0.3) is 21.9 Å². The van der Waals surface area contributed by atoms with Crippen LogP contribution in [0.1, 0.15) is 53.3 Å². The number of rotatable bonds is 11. The van der Waals surface area contributed by atoms with Crippen molar-refractivity contribution in [1.82, 2.24) is 19.9 Å². The van der Waals surface area contributed by atoms with E-state index in [2.05, 4.69) is 71.4 Å². The number of carbonyl (C=O) groups is 1. The van der Waals surface area contributed by atoms with Gasteiger partial charge in [-0.25, -0.2) is 9.97 Å². The Morgan fingerprint density at radius 3 is 2.54 bits per heavy atom. The number of carbonyl (C=O) groups excluding carboxylic acids is 1. The number of hydrogen-bond acceptors (Lipinski definition) is 7. The standard InChI is InChI=1S/C28H42N6O2S/c1-6-7-8-22-31-23-20-15-19(9-10-21(20)30-25(29)24(23)32-22)34-13-11-33(12-14-34)16-27(2,3)17-36-18-28(4,5)26(35)37/h9-10,15H,6-8,11-14,16-18H2,1-5H3,(H2,29,30)(H,31,32)(H,35,37). The van der Waals surface area contributed by atoms with E-state index < -0.39 is 5.41 Å². The van der Waals surface area contributed by atoms with Gasteiger partial charge >= 0.3 is 0 Å². The number of nitrogens with one attached hydrogen (secondary N) is 1. The lowest BCUT2D eigenvalue weighted by molar-refractivity contribution is -0.121. The van der Waals surface area contributed by atoms with Crippen molar-refractivity contribution in [3.63, 3.8) is 0 Å². The van der Waals surface area contributed by atoms with Crippen LogP contribution in [0.15, 0.2) is 18.2 Å². The Bertz CT molecular complexity index is 1250. The molecule has 9 heteroatoms. The number of fused-ring (bicyclic) bond motifs is 3. The molecule has 8 nitrogen and oxygen atoms in total. The summed E-state index contributed by atoms with van der Waals surface area (Å²) in [6, 6.07) is 6.42. The van der Waals surface area contributed by atoms with Crippen molar-refractivity contribution in [3.05, 3.63) is 24.0 Å². The predicted molar refractivity (Wildman–Crippen MR) is 155 cm³/mol. The Kier molecular flexibility index (Phi) is 8.35. The lowest BCUT2D eigenvalue weighted by atomic mass is 9.93. The molecule has 202 valence electrons. The van der Waals surface area contributed by atoms with Crippen molar-refractivity contribution < 1.29 is 9.53 Å². The molecule has 0 spiro atoms. The first kappa shape index (κ1) is 27.7. The van der Waals surface area contributed by atoms with Crippen molar-refractivity contribution in [1.29, 1.82) is 0 Å². The summed E-state index contributed by atoms with van der Waals surface area (Å²) >= 11 is 3.98. The van der Waals surface area contributed by atoms with E-state index in [1.54, 1.807) is 0 Å². The number of piperazine rings is 1. The summed E-state index contributed by atoms with van der Waals surface area (Å²) in [5.41, 5.74) is 9.51. The fourth-order valence-electron chi connectivity index (χ4n) is 4.92. The number of unbranched alkanes of at least 4 members (excludes halogenated alkanes) is 1. The summed E-state index contributed by atoms with van der Waals surface area (Å²) in [5, 5.41) is 0.906. The van der Waals surface area contributed by atoms with Gasteiger partial charge in [0.1, 0.15) is 22.7 Å². The Labute approximate surface area is 225 Å². The first-order chi connectivity index (χ1) is 17.5. The van der Waals surface area contributed by atoms with Gasteiger partial charge in [-0.15, -0.1) is 12.6 Å². The van der Waals surface area contributed by atoms with Gasteiger partial charge in [0.25, 0.3) is 0 Å². The topological polar surface area (TPSA) is 100 Å². The molecule has 1 aliphatic rings.